The summed E-state index contributed by atoms with van der Waals surface area (Å²) in [6.45, 7) is 0. The molecular weight excluding hydrogens is 297 g/mol. The first-order chi connectivity index (χ1) is 10.5. The maximum atomic E-state index is 12.2. The zero-order valence-corrected chi connectivity index (χ0v) is 11.6. The molecule has 0 aliphatic heterocycles. The van der Waals surface area contributed by atoms with Crippen LogP contribution in [-0.4, -0.2) is 19.7 Å². The monoisotopic (exact) mass is 310 g/mol. The fraction of sp³-hybridized carbons (Fsp3) is 0.133. The number of nitrogens with one attached hydrogen (secondary N) is 1. The average molecular weight is 310 g/mol. The standard InChI is InChI=1S/C15H13F3N2O2/c1-21-14-9-13(22-15(16,17)18)8-7-11(14)10-19-20-12-5-3-2-4-6-12/h2-10,20H,1H3. The van der Waals surface area contributed by atoms with Gasteiger partial charge >= 0.3 is 6.36 Å². The number of rotatable bonds is 5. The first kappa shape index (κ1) is 15.7. The number of benzene rings is 2. The number of hydrazone groups is 1. The van der Waals surface area contributed by atoms with Gasteiger partial charge in [-0.2, -0.15) is 5.10 Å². The highest BCUT2D eigenvalue weighted by atomic mass is 19.4. The molecule has 22 heavy (non-hydrogen) atoms. The molecule has 1 N–H and O–H groups in total. The van der Waals surface area contributed by atoms with Gasteiger partial charge in [0.25, 0.3) is 0 Å². The lowest BCUT2D eigenvalue weighted by Crippen LogP contribution is -2.17. The van der Waals surface area contributed by atoms with Crippen molar-refractivity contribution in [2.45, 2.75) is 6.36 Å². The molecule has 2 aromatic rings. The van der Waals surface area contributed by atoms with Crippen LogP contribution in [0.2, 0.25) is 0 Å². The molecule has 0 unspecified atom stereocenters. The van der Waals surface area contributed by atoms with Crippen LogP contribution in [0.3, 0.4) is 0 Å². The minimum Gasteiger partial charge on any atom is -0.496 e. The second-order valence-electron chi connectivity index (χ2n) is 4.19. The highest BCUT2D eigenvalue weighted by molar-refractivity contribution is 5.84. The molecule has 0 aromatic heterocycles. The second kappa shape index (κ2) is 6.84. The highest BCUT2D eigenvalue weighted by Gasteiger charge is 2.31. The average Bonchev–Trinajstić information content (AvgIpc) is 2.48. The van der Waals surface area contributed by atoms with Gasteiger partial charge in [-0.1, -0.05) is 18.2 Å². The molecule has 0 spiro atoms. The van der Waals surface area contributed by atoms with Gasteiger partial charge < -0.3 is 9.47 Å². The fourth-order valence-corrected chi connectivity index (χ4v) is 1.68. The van der Waals surface area contributed by atoms with Crippen molar-refractivity contribution in [3.63, 3.8) is 0 Å². The number of nitrogens with zero attached hydrogens (tertiary/aromatic N) is 1. The van der Waals surface area contributed by atoms with Gasteiger partial charge in [0, 0.05) is 11.6 Å². The van der Waals surface area contributed by atoms with Gasteiger partial charge in [-0.25, -0.2) is 0 Å². The molecule has 2 rings (SSSR count). The summed E-state index contributed by atoms with van der Waals surface area (Å²) in [5.41, 5.74) is 4.10. The number of hydrogen-bond donors (Lipinski definition) is 1. The predicted octanol–water partition coefficient (Wildman–Crippen LogP) is 4.04. The number of methoxy groups -OCH3 is 1. The van der Waals surface area contributed by atoms with Gasteiger partial charge in [0.15, 0.2) is 0 Å². The first-order valence-electron chi connectivity index (χ1n) is 6.26. The van der Waals surface area contributed by atoms with Crippen LogP contribution in [0, 0.1) is 0 Å². The Labute approximate surface area is 125 Å². The van der Waals surface area contributed by atoms with Crippen LogP contribution in [0.1, 0.15) is 5.56 Å². The van der Waals surface area contributed by atoms with E-state index in [1.54, 1.807) is 0 Å². The van der Waals surface area contributed by atoms with Crippen molar-refractivity contribution >= 4 is 11.9 Å². The van der Waals surface area contributed by atoms with E-state index in [2.05, 4.69) is 15.3 Å². The normalized spacial score (nSPS) is 11.5. The third-order valence-corrected chi connectivity index (χ3v) is 2.61. The van der Waals surface area contributed by atoms with E-state index in [1.807, 2.05) is 30.3 Å². The molecule has 116 valence electrons. The molecule has 0 atom stereocenters. The van der Waals surface area contributed by atoms with E-state index < -0.39 is 6.36 Å². The molecule has 0 saturated carbocycles. The Balaban J connectivity index is 2.10. The van der Waals surface area contributed by atoms with E-state index in [0.717, 1.165) is 11.8 Å². The summed E-state index contributed by atoms with van der Waals surface area (Å²) in [6, 6.07) is 13.0. The molecule has 0 aliphatic carbocycles. The van der Waals surface area contributed by atoms with Crippen molar-refractivity contribution in [1.82, 2.24) is 0 Å². The number of anilines is 1. The second-order valence-corrected chi connectivity index (χ2v) is 4.19. The van der Waals surface area contributed by atoms with Crippen molar-refractivity contribution in [2.24, 2.45) is 5.10 Å². The van der Waals surface area contributed by atoms with E-state index in [9.17, 15) is 13.2 Å². The van der Waals surface area contributed by atoms with Crippen molar-refractivity contribution in [3.05, 3.63) is 54.1 Å². The SMILES string of the molecule is COc1cc(OC(F)(F)F)ccc1C=NNc1ccccc1. The van der Waals surface area contributed by atoms with Gasteiger partial charge in [0.05, 0.1) is 19.0 Å². The van der Waals surface area contributed by atoms with Crippen LogP contribution in [0.4, 0.5) is 18.9 Å². The predicted molar refractivity (Wildman–Crippen MR) is 77.3 cm³/mol. The van der Waals surface area contributed by atoms with Crippen LogP contribution < -0.4 is 14.9 Å². The molecule has 7 heteroatoms. The van der Waals surface area contributed by atoms with E-state index in [-0.39, 0.29) is 11.5 Å². The molecule has 0 heterocycles. The van der Waals surface area contributed by atoms with Crippen molar-refractivity contribution in [2.75, 3.05) is 12.5 Å². The smallest absolute Gasteiger partial charge is 0.496 e. The van der Waals surface area contributed by atoms with Crippen LogP contribution in [-0.2, 0) is 0 Å². The minimum absolute atomic E-state index is 0.223. The number of hydrogen-bond acceptors (Lipinski definition) is 4. The summed E-state index contributed by atoms with van der Waals surface area (Å²) in [5, 5.41) is 4.01. The fourth-order valence-electron chi connectivity index (χ4n) is 1.68. The lowest BCUT2D eigenvalue weighted by molar-refractivity contribution is -0.274. The molecule has 0 aliphatic rings. The zero-order chi connectivity index (χ0) is 16.0. The molecule has 0 fully saturated rings. The van der Waals surface area contributed by atoms with E-state index in [1.165, 1.54) is 25.5 Å². The summed E-state index contributed by atoms with van der Waals surface area (Å²) >= 11 is 0. The van der Waals surface area contributed by atoms with Crippen molar-refractivity contribution < 1.29 is 22.6 Å². The quantitative estimate of drug-likeness (QED) is 0.669. The van der Waals surface area contributed by atoms with Crippen LogP contribution in [0.25, 0.3) is 0 Å². The van der Waals surface area contributed by atoms with Gasteiger partial charge in [-0.15, -0.1) is 13.2 Å². The largest absolute Gasteiger partial charge is 0.573 e. The summed E-state index contributed by atoms with van der Waals surface area (Å²) < 4.78 is 45.4. The Hall–Kier alpha value is -2.70. The number of para-hydroxylation sites is 1. The summed E-state index contributed by atoms with van der Waals surface area (Å²) in [5.74, 6) is -0.127. The maximum Gasteiger partial charge on any atom is 0.573 e. The lowest BCUT2D eigenvalue weighted by Gasteiger charge is -2.11. The number of ether oxygens (including phenoxy) is 2. The molecule has 0 saturated heterocycles. The minimum atomic E-state index is -4.74. The maximum absolute atomic E-state index is 12.2. The Bertz CT molecular complexity index is 643. The highest BCUT2D eigenvalue weighted by Crippen LogP contribution is 2.28. The molecule has 2 aromatic carbocycles. The van der Waals surface area contributed by atoms with Gasteiger partial charge in [-0.3, -0.25) is 5.43 Å². The number of halogens is 3. The van der Waals surface area contributed by atoms with Gasteiger partial charge in [0.1, 0.15) is 11.5 Å². The third kappa shape index (κ3) is 4.69. The number of alkyl halides is 3. The molecule has 4 nitrogen and oxygen atoms in total. The topological polar surface area (TPSA) is 42.9 Å². The summed E-state index contributed by atoms with van der Waals surface area (Å²) in [7, 11) is 1.36. The van der Waals surface area contributed by atoms with Gasteiger partial charge in [0.2, 0.25) is 0 Å². The van der Waals surface area contributed by atoms with E-state index in [0.29, 0.717) is 5.56 Å². The Morgan fingerprint density at radius 1 is 1.09 bits per heavy atom. The molecule has 0 radical (unpaired) electrons. The summed E-state index contributed by atoms with van der Waals surface area (Å²) in [4.78, 5) is 0. The lowest BCUT2D eigenvalue weighted by atomic mass is 10.2. The van der Waals surface area contributed by atoms with Gasteiger partial charge in [-0.05, 0) is 24.3 Å². The van der Waals surface area contributed by atoms with E-state index >= 15 is 0 Å². The zero-order valence-electron chi connectivity index (χ0n) is 11.6. The van der Waals surface area contributed by atoms with Crippen LogP contribution >= 0.6 is 0 Å². The Kier molecular flexibility index (Phi) is 4.88. The third-order valence-electron chi connectivity index (χ3n) is 2.61. The van der Waals surface area contributed by atoms with Crippen LogP contribution in [0.15, 0.2) is 53.6 Å². The van der Waals surface area contributed by atoms with Crippen molar-refractivity contribution in [1.29, 1.82) is 0 Å². The Morgan fingerprint density at radius 3 is 2.45 bits per heavy atom. The molecular formula is C15H13F3N2O2. The van der Waals surface area contributed by atoms with Crippen molar-refractivity contribution in [3.8, 4) is 11.5 Å². The Morgan fingerprint density at radius 2 is 1.82 bits per heavy atom. The summed E-state index contributed by atoms with van der Waals surface area (Å²) in [6.07, 6.45) is -3.29. The van der Waals surface area contributed by atoms with Crippen LogP contribution in [0.5, 0.6) is 11.5 Å². The van der Waals surface area contributed by atoms with E-state index in [4.69, 9.17) is 4.74 Å². The molecule has 0 amide bonds. The first-order valence-corrected chi connectivity index (χ1v) is 6.26. The molecule has 0 bridgehead atoms.